The average molecular weight is 513 g/mol. The lowest BCUT2D eigenvalue weighted by Gasteiger charge is -2.24. The third kappa shape index (κ3) is 8.21. The highest BCUT2D eigenvalue weighted by atomic mass is 32.2. The molecule has 194 valence electrons. The van der Waals surface area contributed by atoms with Gasteiger partial charge in [-0.15, -0.1) is 0 Å². The van der Waals surface area contributed by atoms with Crippen LogP contribution in [0, 0.1) is 0 Å². The van der Waals surface area contributed by atoms with E-state index in [2.05, 4.69) is 18.2 Å². The lowest BCUT2D eigenvalue weighted by molar-refractivity contribution is -0.117. The maximum atomic E-state index is 13.4. The summed E-state index contributed by atoms with van der Waals surface area (Å²) >= 11 is 0. The standard InChI is InChI=1S/C28H36N2O5S/c1-29(18-19-31)16-4-20-36(34,35)30(17-15-26-13-12-25-5-2-3-6-28(25)26)21-24-9-7-23(8-10-24)11-14-27(33)22-32/h2-3,5-11,13-14,31-32H,4,12,15-22H2,1H3/b14-11+. The fourth-order valence-electron chi connectivity index (χ4n) is 4.26. The Kier molecular flexibility index (Phi) is 10.6. The van der Waals surface area contributed by atoms with Gasteiger partial charge in [0, 0.05) is 19.6 Å². The summed E-state index contributed by atoms with van der Waals surface area (Å²) in [5.41, 5.74) is 5.32. The van der Waals surface area contributed by atoms with Crippen LogP contribution in [0.1, 0.15) is 35.1 Å². The highest BCUT2D eigenvalue weighted by molar-refractivity contribution is 7.89. The van der Waals surface area contributed by atoms with Gasteiger partial charge >= 0.3 is 0 Å². The predicted molar refractivity (Wildman–Crippen MR) is 144 cm³/mol. The molecule has 0 saturated carbocycles. The number of likely N-dealkylation sites (N-methyl/N-ethyl adjacent to an activating group) is 1. The highest BCUT2D eigenvalue weighted by Gasteiger charge is 2.24. The summed E-state index contributed by atoms with van der Waals surface area (Å²) in [4.78, 5) is 13.2. The number of rotatable bonds is 15. The number of sulfonamides is 1. The molecule has 8 heteroatoms. The number of carbonyl (C=O) groups is 1. The summed E-state index contributed by atoms with van der Waals surface area (Å²) in [5.74, 6) is -0.327. The molecule has 2 N–H and O–H groups in total. The molecule has 0 heterocycles. The molecule has 2 aromatic carbocycles. The van der Waals surface area contributed by atoms with Gasteiger partial charge < -0.3 is 15.1 Å². The van der Waals surface area contributed by atoms with Gasteiger partial charge in [-0.2, -0.15) is 4.31 Å². The van der Waals surface area contributed by atoms with Gasteiger partial charge in [0.15, 0.2) is 5.78 Å². The summed E-state index contributed by atoms with van der Waals surface area (Å²) in [6.07, 6.45) is 7.15. The molecule has 3 rings (SSSR count). The maximum absolute atomic E-state index is 13.4. The third-order valence-electron chi connectivity index (χ3n) is 6.34. The van der Waals surface area contributed by atoms with Crippen molar-refractivity contribution in [2.45, 2.75) is 25.8 Å². The zero-order chi connectivity index (χ0) is 26.0. The van der Waals surface area contributed by atoms with Gasteiger partial charge in [-0.05, 0) is 66.8 Å². The Bertz CT molecular complexity index is 1170. The minimum atomic E-state index is -3.50. The van der Waals surface area contributed by atoms with Crippen LogP contribution < -0.4 is 0 Å². The van der Waals surface area contributed by atoms with Crippen molar-refractivity contribution in [3.8, 4) is 0 Å². The summed E-state index contributed by atoms with van der Waals surface area (Å²) in [7, 11) is -1.63. The van der Waals surface area contributed by atoms with E-state index in [0.29, 0.717) is 32.5 Å². The van der Waals surface area contributed by atoms with Crippen LogP contribution in [-0.2, 0) is 27.8 Å². The number of fused-ring (bicyclic) bond motifs is 1. The fourth-order valence-corrected chi connectivity index (χ4v) is 5.73. The quantitative estimate of drug-likeness (QED) is 0.356. The predicted octanol–water partition coefficient (Wildman–Crippen LogP) is 2.74. The van der Waals surface area contributed by atoms with Crippen molar-refractivity contribution in [2.75, 3.05) is 45.6 Å². The van der Waals surface area contributed by atoms with Crippen LogP contribution in [0.15, 0.2) is 60.7 Å². The number of benzene rings is 2. The van der Waals surface area contributed by atoms with Gasteiger partial charge in [0.2, 0.25) is 10.0 Å². The second-order valence-electron chi connectivity index (χ2n) is 9.07. The van der Waals surface area contributed by atoms with Crippen LogP contribution in [0.3, 0.4) is 0 Å². The second-order valence-corrected chi connectivity index (χ2v) is 11.2. The number of carbonyl (C=O) groups excluding carboxylic acids is 1. The van der Waals surface area contributed by atoms with Crippen molar-refractivity contribution in [2.24, 2.45) is 0 Å². The molecule has 0 aromatic heterocycles. The Morgan fingerprint density at radius 1 is 1.03 bits per heavy atom. The summed E-state index contributed by atoms with van der Waals surface area (Å²) in [6.45, 7) is 1.29. The largest absolute Gasteiger partial charge is 0.395 e. The molecule has 0 fully saturated rings. The van der Waals surface area contributed by atoms with E-state index in [-0.39, 0.29) is 24.7 Å². The SMILES string of the molecule is CN(CCO)CCCS(=O)(=O)N(CCC1=CCc2ccccc21)Cc1ccc(/C=C/C(=O)CO)cc1. The van der Waals surface area contributed by atoms with Gasteiger partial charge in [-0.3, -0.25) is 4.79 Å². The molecule has 2 aromatic rings. The van der Waals surface area contributed by atoms with E-state index >= 15 is 0 Å². The first kappa shape index (κ1) is 28.0. The van der Waals surface area contributed by atoms with Gasteiger partial charge in [0.25, 0.3) is 0 Å². The normalized spacial score (nSPS) is 13.5. The van der Waals surface area contributed by atoms with Crippen molar-refractivity contribution < 1.29 is 23.4 Å². The zero-order valence-corrected chi connectivity index (χ0v) is 21.7. The molecule has 0 saturated heterocycles. The summed E-state index contributed by atoms with van der Waals surface area (Å²) < 4.78 is 28.3. The van der Waals surface area contributed by atoms with Crippen molar-refractivity contribution in [1.29, 1.82) is 0 Å². The molecule has 36 heavy (non-hydrogen) atoms. The summed E-state index contributed by atoms with van der Waals surface area (Å²) in [5, 5.41) is 17.9. The van der Waals surface area contributed by atoms with E-state index in [1.54, 1.807) is 10.4 Å². The lowest BCUT2D eigenvalue weighted by Crippen LogP contribution is -2.35. The molecule has 0 aliphatic heterocycles. The molecular weight excluding hydrogens is 476 g/mol. The van der Waals surface area contributed by atoms with Crippen molar-refractivity contribution in [3.63, 3.8) is 0 Å². The van der Waals surface area contributed by atoms with Crippen LogP contribution in [0.25, 0.3) is 11.6 Å². The number of nitrogens with zero attached hydrogens (tertiary/aromatic N) is 2. The minimum absolute atomic E-state index is 0.0441. The van der Waals surface area contributed by atoms with Crippen LogP contribution in [0.5, 0.6) is 0 Å². The second kappa shape index (κ2) is 13.6. The number of aliphatic hydroxyl groups excluding tert-OH is 2. The van der Waals surface area contributed by atoms with Gasteiger partial charge in [-0.1, -0.05) is 60.7 Å². The van der Waals surface area contributed by atoms with E-state index in [4.69, 9.17) is 10.2 Å². The lowest BCUT2D eigenvalue weighted by atomic mass is 10.0. The van der Waals surface area contributed by atoms with E-state index < -0.39 is 16.6 Å². The molecule has 1 aliphatic rings. The number of aliphatic hydroxyl groups is 2. The molecule has 0 unspecified atom stereocenters. The van der Waals surface area contributed by atoms with E-state index in [1.165, 1.54) is 22.8 Å². The Balaban J connectivity index is 1.71. The summed E-state index contributed by atoms with van der Waals surface area (Å²) in [6, 6.07) is 15.6. The van der Waals surface area contributed by atoms with Gasteiger partial charge in [0.05, 0.1) is 12.4 Å². The first-order valence-electron chi connectivity index (χ1n) is 12.3. The number of ketones is 1. The first-order valence-corrected chi connectivity index (χ1v) is 13.9. The maximum Gasteiger partial charge on any atom is 0.214 e. The van der Waals surface area contributed by atoms with E-state index in [1.807, 2.05) is 48.3 Å². The average Bonchev–Trinajstić information content (AvgIpc) is 3.28. The molecule has 0 radical (unpaired) electrons. The van der Waals surface area contributed by atoms with Crippen LogP contribution in [0.2, 0.25) is 0 Å². The minimum Gasteiger partial charge on any atom is -0.395 e. The van der Waals surface area contributed by atoms with E-state index in [9.17, 15) is 13.2 Å². The third-order valence-corrected chi connectivity index (χ3v) is 8.24. The van der Waals surface area contributed by atoms with Crippen molar-refractivity contribution in [1.82, 2.24) is 9.21 Å². The monoisotopic (exact) mass is 512 g/mol. The zero-order valence-electron chi connectivity index (χ0n) is 20.8. The molecule has 0 amide bonds. The smallest absolute Gasteiger partial charge is 0.214 e. The van der Waals surface area contributed by atoms with Gasteiger partial charge in [-0.25, -0.2) is 8.42 Å². The Hall–Kier alpha value is -2.62. The Morgan fingerprint density at radius 3 is 2.50 bits per heavy atom. The van der Waals surface area contributed by atoms with Crippen molar-refractivity contribution in [3.05, 3.63) is 82.9 Å². The highest BCUT2D eigenvalue weighted by Crippen LogP contribution is 2.30. The topological polar surface area (TPSA) is 98.2 Å². The molecule has 0 atom stereocenters. The molecular formula is C28H36N2O5S. The molecule has 1 aliphatic carbocycles. The molecule has 0 spiro atoms. The number of hydrogen-bond acceptors (Lipinski definition) is 6. The van der Waals surface area contributed by atoms with E-state index in [0.717, 1.165) is 17.5 Å². The van der Waals surface area contributed by atoms with Crippen LogP contribution in [0.4, 0.5) is 0 Å². The van der Waals surface area contributed by atoms with Crippen LogP contribution in [-0.4, -0.2) is 79.3 Å². The van der Waals surface area contributed by atoms with Gasteiger partial charge in [0.1, 0.15) is 6.61 Å². The Morgan fingerprint density at radius 2 is 1.78 bits per heavy atom. The number of allylic oxidation sites excluding steroid dienone is 1. The molecule has 7 nitrogen and oxygen atoms in total. The Labute approximate surface area is 214 Å². The number of hydrogen-bond donors (Lipinski definition) is 2. The van der Waals surface area contributed by atoms with Crippen molar-refractivity contribution >= 4 is 27.5 Å². The first-order chi connectivity index (χ1) is 17.3. The molecule has 0 bridgehead atoms. The van der Waals surface area contributed by atoms with Crippen LogP contribution >= 0.6 is 0 Å². The fraction of sp³-hybridized carbons (Fsp3) is 0.393.